The molecule has 0 fully saturated rings. The van der Waals surface area contributed by atoms with Crippen LogP contribution in [0.1, 0.15) is 20.7 Å². The summed E-state index contributed by atoms with van der Waals surface area (Å²) in [5, 5.41) is 2.66. The molecule has 0 saturated carbocycles. The number of rotatable bonds is 8. The third kappa shape index (κ3) is 6.45. The fraction of sp³-hybridized carbons (Fsp3) is 0.130. The Hall–Kier alpha value is -4.08. The highest BCUT2D eigenvalue weighted by atomic mass is 19.3. The van der Waals surface area contributed by atoms with E-state index < -0.39 is 25.0 Å². The first-order chi connectivity index (χ1) is 15.7. The van der Waals surface area contributed by atoms with Gasteiger partial charge in [-0.3, -0.25) is 9.59 Å². The summed E-state index contributed by atoms with van der Waals surface area (Å²) in [5.41, 5.74) is 1.33. The predicted molar refractivity (Wildman–Crippen MR) is 113 cm³/mol. The fourth-order valence-corrected chi connectivity index (χ4v) is 2.87. The number of ether oxygens (including phenoxy) is 2. The lowest BCUT2D eigenvalue weighted by molar-refractivity contribution is -0.0505. The maximum absolute atomic E-state index is 12.7. The maximum atomic E-state index is 12.7. The Labute approximate surface area is 186 Å². The molecule has 3 rings (SSSR count). The van der Waals surface area contributed by atoms with Crippen molar-refractivity contribution in [1.29, 1.82) is 0 Å². The molecule has 0 heterocycles. The van der Waals surface area contributed by atoms with Gasteiger partial charge in [0.1, 0.15) is 11.5 Å². The summed E-state index contributed by atoms with van der Waals surface area (Å²) in [6.07, 6.45) is 0. The van der Waals surface area contributed by atoms with Crippen LogP contribution in [0.4, 0.5) is 28.9 Å². The first-order valence-electron chi connectivity index (χ1n) is 9.52. The van der Waals surface area contributed by atoms with E-state index in [0.717, 1.165) is 0 Å². The summed E-state index contributed by atoms with van der Waals surface area (Å²) < 4.78 is 57.5. The maximum Gasteiger partial charge on any atom is 0.387 e. The van der Waals surface area contributed by atoms with Gasteiger partial charge in [0, 0.05) is 29.5 Å². The average Bonchev–Trinajstić information content (AvgIpc) is 2.78. The number of hydrogen-bond donors (Lipinski definition) is 1. The molecule has 2 amide bonds. The molecule has 172 valence electrons. The summed E-state index contributed by atoms with van der Waals surface area (Å²) in [4.78, 5) is 26.5. The first kappa shape index (κ1) is 23.6. The third-order valence-electron chi connectivity index (χ3n) is 4.46. The Balaban J connectivity index is 1.68. The van der Waals surface area contributed by atoms with Crippen molar-refractivity contribution in [1.82, 2.24) is 0 Å². The molecule has 0 aromatic heterocycles. The molecule has 10 heteroatoms. The number of nitrogens with zero attached hydrogens (tertiary/aromatic N) is 1. The van der Waals surface area contributed by atoms with E-state index in [-0.39, 0.29) is 22.6 Å². The van der Waals surface area contributed by atoms with Gasteiger partial charge in [-0.1, -0.05) is 6.07 Å². The molecule has 0 spiro atoms. The van der Waals surface area contributed by atoms with Gasteiger partial charge in [0.25, 0.3) is 11.8 Å². The zero-order valence-electron chi connectivity index (χ0n) is 17.2. The molecule has 0 bridgehead atoms. The second-order valence-electron chi connectivity index (χ2n) is 6.67. The van der Waals surface area contributed by atoms with Crippen LogP contribution in [0.2, 0.25) is 0 Å². The normalized spacial score (nSPS) is 10.8. The minimum atomic E-state index is -2.96. The Morgan fingerprint density at radius 2 is 1.30 bits per heavy atom. The minimum absolute atomic E-state index is 0.0669. The summed E-state index contributed by atoms with van der Waals surface area (Å²) in [6, 6.07) is 16.9. The lowest BCUT2D eigenvalue weighted by Gasteiger charge is -2.19. The van der Waals surface area contributed by atoms with Crippen LogP contribution >= 0.6 is 0 Å². The van der Waals surface area contributed by atoms with Gasteiger partial charge < -0.3 is 19.7 Å². The summed E-state index contributed by atoms with van der Waals surface area (Å²) in [7, 11) is 1.52. The molecule has 0 unspecified atom stereocenters. The molecule has 0 saturated heterocycles. The SMILES string of the molecule is CN(C(=O)c1ccc(OC(F)F)cc1)c1cccc(NC(=O)c2ccc(OC(F)F)cc2)c1. The lowest BCUT2D eigenvalue weighted by atomic mass is 10.1. The summed E-state index contributed by atoms with van der Waals surface area (Å²) in [6.45, 7) is -5.92. The van der Waals surface area contributed by atoms with Crippen molar-refractivity contribution in [3.8, 4) is 11.5 Å². The fourth-order valence-electron chi connectivity index (χ4n) is 2.87. The van der Waals surface area contributed by atoms with E-state index >= 15 is 0 Å². The average molecular weight is 462 g/mol. The number of alkyl halides is 4. The van der Waals surface area contributed by atoms with Crippen LogP contribution in [0.15, 0.2) is 72.8 Å². The molecule has 0 aliphatic carbocycles. The predicted octanol–water partition coefficient (Wildman–Crippen LogP) is 5.42. The number of carbonyl (C=O) groups is 2. The molecule has 6 nitrogen and oxygen atoms in total. The highest BCUT2D eigenvalue weighted by Crippen LogP contribution is 2.23. The quantitative estimate of drug-likeness (QED) is 0.454. The van der Waals surface area contributed by atoms with E-state index in [1.54, 1.807) is 24.3 Å². The molecule has 3 aromatic rings. The van der Waals surface area contributed by atoms with E-state index in [1.807, 2.05) is 0 Å². The van der Waals surface area contributed by atoms with E-state index in [0.29, 0.717) is 11.4 Å². The number of halogens is 4. The van der Waals surface area contributed by atoms with Crippen LogP contribution in [0.25, 0.3) is 0 Å². The van der Waals surface area contributed by atoms with Gasteiger partial charge in [0.05, 0.1) is 0 Å². The van der Waals surface area contributed by atoms with Crippen molar-refractivity contribution >= 4 is 23.2 Å². The third-order valence-corrected chi connectivity index (χ3v) is 4.46. The van der Waals surface area contributed by atoms with Crippen molar-refractivity contribution in [3.63, 3.8) is 0 Å². The van der Waals surface area contributed by atoms with Crippen molar-refractivity contribution in [2.45, 2.75) is 13.2 Å². The van der Waals surface area contributed by atoms with Gasteiger partial charge in [0.15, 0.2) is 0 Å². The monoisotopic (exact) mass is 462 g/mol. The van der Waals surface area contributed by atoms with Gasteiger partial charge in [-0.2, -0.15) is 17.6 Å². The zero-order valence-corrected chi connectivity index (χ0v) is 17.2. The van der Waals surface area contributed by atoms with Crippen molar-refractivity contribution in [2.24, 2.45) is 0 Å². The van der Waals surface area contributed by atoms with Crippen LogP contribution in [0, 0.1) is 0 Å². The highest BCUT2D eigenvalue weighted by Gasteiger charge is 2.15. The largest absolute Gasteiger partial charge is 0.435 e. The van der Waals surface area contributed by atoms with Crippen LogP contribution in [-0.4, -0.2) is 32.1 Å². The van der Waals surface area contributed by atoms with Gasteiger partial charge in [-0.05, 0) is 66.7 Å². The molecule has 1 N–H and O–H groups in total. The minimum Gasteiger partial charge on any atom is -0.435 e. The van der Waals surface area contributed by atoms with E-state index in [9.17, 15) is 27.2 Å². The van der Waals surface area contributed by atoms with E-state index in [4.69, 9.17) is 0 Å². The number of amides is 2. The van der Waals surface area contributed by atoms with Gasteiger partial charge >= 0.3 is 13.2 Å². The molecular weight excluding hydrogens is 444 g/mol. The van der Waals surface area contributed by atoms with Gasteiger partial charge in [0.2, 0.25) is 0 Å². The molecule has 33 heavy (non-hydrogen) atoms. The van der Waals surface area contributed by atoms with Crippen molar-refractivity contribution in [2.75, 3.05) is 17.3 Å². The molecule has 0 atom stereocenters. The Morgan fingerprint density at radius 1 is 0.788 bits per heavy atom. The Kier molecular flexibility index (Phi) is 7.50. The molecule has 3 aromatic carbocycles. The summed E-state index contributed by atoms with van der Waals surface area (Å²) >= 11 is 0. The first-order valence-corrected chi connectivity index (χ1v) is 9.52. The summed E-state index contributed by atoms with van der Waals surface area (Å²) in [5.74, 6) is -1.03. The Morgan fingerprint density at radius 3 is 1.82 bits per heavy atom. The molecular formula is C23H18F4N2O4. The second kappa shape index (κ2) is 10.5. The van der Waals surface area contributed by atoms with Gasteiger partial charge in [-0.15, -0.1) is 0 Å². The number of hydrogen-bond acceptors (Lipinski definition) is 4. The van der Waals surface area contributed by atoms with Crippen LogP contribution in [0.5, 0.6) is 11.5 Å². The zero-order chi connectivity index (χ0) is 24.0. The van der Waals surface area contributed by atoms with Crippen molar-refractivity contribution < 1.29 is 36.6 Å². The number of benzene rings is 3. The number of anilines is 2. The van der Waals surface area contributed by atoms with Crippen LogP contribution in [0.3, 0.4) is 0 Å². The lowest BCUT2D eigenvalue weighted by Crippen LogP contribution is -2.26. The standard InChI is InChI=1S/C23H18F4N2O4/c1-29(21(31)15-7-11-19(12-8-15)33-23(26)27)17-4-2-3-16(13-17)28-20(30)14-5-9-18(10-6-14)32-22(24)25/h2-13,22-23H,1H3,(H,28,30). The smallest absolute Gasteiger partial charge is 0.387 e. The van der Waals surface area contributed by atoms with Crippen LogP contribution in [-0.2, 0) is 0 Å². The van der Waals surface area contributed by atoms with E-state index in [2.05, 4.69) is 14.8 Å². The Bertz CT molecular complexity index is 1110. The number of carbonyl (C=O) groups excluding carboxylic acids is 2. The van der Waals surface area contributed by atoms with Crippen LogP contribution < -0.4 is 19.7 Å². The second-order valence-corrected chi connectivity index (χ2v) is 6.67. The molecule has 0 radical (unpaired) electrons. The van der Waals surface area contributed by atoms with Gasteiger partial charge in [-0.25, -0.2) is 0 Å². The van der Waals surface area contributed by atoms with Crippen molar-refractivity contribution in [3.05, 3.63) is 83.9 Å². The topological polar surface area (TPSA) is 67.9 Å². The number of nitrogens with one attached hydrogen (secondary N) is 1. The molecule has 0 aliphatic heterocycles. The molecule has 0 aliphatic rings. The van der Waals surface area contributed by atoms with E-state index in [1.165, 1.54) is 60.5 Å². The highest BCUT2D eigenvalue weighted by molar-refractivity contribution is 6.07.